The topological polar surface area (TPSA) is 30.9 Å². The molecule has 1 saturated heterocycles. The Morgan fingerprint density at radius 2 is 1.30 bits per heavy atom. The van der Waals surface area contributed by atoms with E-state index in [9.17, 15) is 0 Å². The Morgan fingerprint density at radius 3 is 1.83 bits per heavy atom. The van der Waals surface area contributed by atoms with E-state index < -0.39 is 0 Å². The van der Waals surface area contributed by atoms with Gasteiger partial charge in [0.25, 0.3) is 0 Å². The van der Waals surface area contributed by atoms with Crippen molar-refractivity contribution in [3.63, 3.8) is 0 Å². The normalized spacial score (nSPS) is 17.5. The number of hydrogen-bond donors (Lipinski definition) is 0. The molecule has 1 fully saturated rings. The lowest BCUT2D eigenvalue weighted by molar-refractivity contribution is -0.0897. The summed E-state index contributed by atoms with van der Waals surface area (Å²) in [6, 6.07) is 0. The first kappa shape index (κ1) is 20.9. The fourth-order valence-corrected chi connectivity index (χ4v) is 2.43. The maximum atomic E-state index is 5.88. The zero-order valence-corrected chi connectivity index (χ0v) is 16.3. The van der Waals surface area contributed by atoms with Crippen LogP contribution in [0.15, 0.2) is 0 Å². The number of nitrogens with zero attached hydrogens (tertiary/aromatic N) is 1. The van der Waals surface area contributed by atoms with Gasteiger partial charge in [-0.15, -0.1) is 0 Å². The zero-order chi connectivity index (χ0) is 17.3. The van der Waals surface area contributed by atoms with Gasteiger partial charge in [0.2, 0.25) is 0 Å². The Balaban J connectivity index is 1.78. The first-order valence-corrected chi connectivity index (χ1v) is 9.27. The number of unbranched alkanes of at least 4 members (excludes halogenated alkanes) is 2. The van der Waals surface area contributed by atoms with E-state index in [1.165, 1.54) is 0 Å². The molecule has 0 unspecified atom stereocenters. The van der Waals surface area contributed by atoms with Crippen LogP contribution >= 0.6 is 0 Å². The molecule has 0 spiro atoms. The van der Waals surface area contributed by atoms with Crippen molar-refractivity contribution in [1.29, 1.82) is 0 Å². The number of hydrogen-bond acceptors (Lipinski definition) is 4. The molecule has 0 aromatic carbocycles. The minimum atomic E-state index is -0.0226. The molecule has 1 rings (SSSR count). The third-order valence-corrected chi connectivity index (χ3v) is 4.05. The molecule has 138 valence electrons. The minimum Gasteiger partial charge on any atom is -0.381 e. The molecule has 4 heteroatoms. The van der Waals surface area contributed by atoms with E-state index >= 15 is 0 Å². The third-order valence-electron chi connectivity index (χ3n) is 4.05. The average molecular weight is 330 g/mol. The zero-order valence-electron chi connectivity index (χ0n) is 16.3. The smallest absolute Gasteiger partial charge is 0.0829 e. The van der Waals surface area contributed by atoms with Crippen molar-refractivity contribution in [2.45, 2.75) is 84.5 Å². The monoisotopic (exact) mass is 329 g/mol. The lowest BCUT2D eigenvalue weighted by atomic mass is 9.99. The SMILES string of the molecule is CC(C)(C)OCCCCOCCCCOC1CN(C(C)(C)C)C1. The van der Waals surface area contributed by atoms with Crippen molar-refractivity contribution in [3.8, 4) is 0 Å². The van der Waals surface area contributed by atoms with Gasteiger partial charge in [0.1, 0.15) is 0 Å². The largest absolute Gasteiger partial charge is 0.381 e. The highest BCUT2D eigenvalue weighted by molar-refractivity contribution is 4.89. The first-order chi connectivity index (χ1) is 10.7. The van der Waals surface area contributed by atoms with Gasteiger partial charge >= 0.3 is 0 Å². The van der Waals surface area contributed by atoms with Crippen LogP contribution in [-0.2, 0) is 14.2 Å². The summed E-state index contributed by atoms with van der Waals surface area (Å²) in [7, 11) is 0. The van der Waals surface area contributed by atoms with E-state index in [2.05, 4.69) is 46.4 Å². The summed E-state index contributed by atoms with van der Waals surface area (Å²) in [5.74, 6) is 0. The van der Waals surface area contributed by atoms with Crippen LogP contribution < -0.4 is 0 Å². The van der Waals surface area contributed by atoms with E-state index in [-0.39, 0.29) is 11.1 Å². The lowest BCUT2D eigenvalue weighted by Crippen LogP contribution is -2.59. The number of ether oxygens (including phenoxy) is 3. The quantitative estimate of drug-likeness (QED) is 0.538. The summed E-state index contributed by atoms with van der Waals surface area (Å²) >= 11 is 0. The van der Waals surface area contributed by atoms with Crippen LogP contribution in [0.2, 0.25) is 0 Å². The molecule has 1 aliphatic rings. The highest BCUT2D eigenvalue weighted by Crippen LogP contribution is 2.22. The molecule has 0 aromatic heterocycles. The highest BCUT2D eigenvalue weighted by Gasteiger charge is 2.34. The highest BCUT2D eigenvalue weighted by atomic mass is 16.5. The Labute approximate surface area is 143 Å². The maximum absolute atomic E-state index is 5.88. The van der Waals surface area contributed by atoms with Crippen molar-refractivity contribution in [2.75, 3.05) is 39.5 Å². The molecule has 4 nitrogen and oxygen atoms in total. The molecule has 0 atom stereocenters. The van der Waals surface area contributed by atoms with Crippen LogP contribution in [0.5, 0.6) is 0 Å². The Bertz CT molecular complexity index is 301. The number of likely N-dealkylation sites (tertiary alicyclic amines) is 1. The van der Waals surface area contributed by atoms with Crippen LogP contribution in [0.4, 0.5) is 0 Å². The molecule has 0 radical (unpaired) electrons. The van der Waals surface area contributed by atoms with Gasteiger partial charge in [-0.1, -0.05) is 0 Å². The molecule has 0 aliphatic carbocycles. The average Bonchev–Trinajstić information content (AvgIpc) is 2.34. The van der Waals surface area contributed by atoms with E-state index in [0.29, 0.717) is 6.10 Å². The van der Waals surface area contributed by atoms with Crippen molar-refractivity contribution >= 4 is 0 Å². The third kappa shape index (κ3) is 10.3. The molecular weight excluding hydrogens is 290 g/mol. The standard InChI is InChI=1S/C19H39NO3/c1-18(2,3)20-15-17(16-20)22-13-9-7-11-21-12-8-10-14-23-19(4,5)6/h17H,7-16H2,1-6H3. The van der Waals surface area contributed by atoms with Gasteiger partial charge in [-0.25, -0.2) is 0 Å². The van der Waals surface area contributed by atoms with E-state index in [1.807, 2.05) is 0 Å². The Morgan fingerprint density at radius 1 is 0.783 bits per heavy atom. The molecule has 0 amide bonds. The van der Waals surface area contributed by atoms with E-state index in [4.69, 9.17) is 14.2 Å². The van der Waals surface area contributed by atoms with Crippen molar-refractivity contribution in [2.24, 2.45) is 0 Å². The minimum absolute atomic E-state index is 0.0226. The lowest BCUT2D eigenvalue weighted by Gasteiger charge is -2.47. The van der Waals surface area contributed by atoms with Crippen LogP contribution in [0.3, 0.4) is 0 Å². The molecular formula is C19H39NO3. The number of rotatable bonds is 11. The first-order valence-electron chi connectivity index (χ1n) is 9.27. The van der Waals surface area contributed by atoms with Crippen molar-refractivity contribution < 1.29 is 14.2 Å². The summed E-state index contributed by atoms with van der Waals surface area (Å²) in [6.45, 7) is 18.6. The van der Waals surface area contributed by atoms with Gasteiger partial charge in [-0.2, -0.15) is 0 Å². The molecule has 0 N–H and O–H groups in total. The molecule has 1 aliphatic heterocycles. The van der Waals surface area contributed by atoms with Gasteiger partial charge in [-0.05, 0) is 67.2 Å². The van der Waals surface area contributed by atoms with Gasteiger partial charge in [-0.3, -0.25) is 4.90 Å². The molecule has 0 aromatic rings. The van der Waals surface area contributed by atoms with Gasteiger partial charge < -0.3 is 14.2 Å². The molecule has 1 heterocycles. The van der Waals surface area contributed by atoms with E-state index in [0.717, 1.165) is 65.2 Å². The molecule has 0 saturated carbocycles. The summed E-state index contributed by atoms with van der Waals surface area (Å²) in [5, 5.41) is 0. The van der Waals surface area contributed by atoms with Crippen LogP contribution in [0.25, 0.3) is 0 Å². The predicted molar refractivity (Wildman–Crippen MR) is 96.1 cm³/mol. The van der Waals surface area contributed by atoms with Crippen LogP contribution in [0, 0.1) is 0 Å². The predicted octanol–water partition coefficient (Wildman–Crippen LogP) is 3.88. The van der Waals surface area contributed by atoms with Crippen LogP contribution in [0.1, 0.15) is 67.2 Å². The summed E-state index contributed by atoms with van der Waals surface area (Å²) < 4.78 is 17.2. The van der Waals surface area contributed by atoms with Gasteiger partial charge in [0.05, 0.1) is 11.7 Å². The van der Waals surface area contributed by atoms with E-state index in [1.54, 1.807) is 0 Å². The van der Waals surface area contributed by atoms with Crippen LogP contribution in [-0.4, -0.2) is 61.7 Å². The summed E-state index contributed by atoms with van der Waals surface area (Å²) in [4.78, 5) is 2.46. The molecule has 0 bridgehead atoms. The second kappa shape index (κ2) is 9.97. The fourth-order valence-electron chi connectivity index (χ4n) is 2.43. The van der Waals surface area contributed by atoms with Gasteiger partial charge in [0, 0.05) is 45.1 Å². The fraction of sp³-hybridized carbons (Fsp3) is 1.00. The maximum Gasteiger partial charge on any atom is 0.0829 e. The van der Waals surface area contributed by atoms with Gasteiger partial charge in [0.15, 0.2) is 0 Å². The second-order valence-corrected chi connectivity index (χ2v) is 8.56. The second-order valence-electron chi connectivity index (χ2n) is 8.56. The summed E-state index contributed by atoms with van der Waals surface area (Å²) in [6.07, 6.45) is 4.79. The van der Waals surface area contributed by atoms with Crippen molar-refractivity contribution in [1.82, 2.24) is 4.90 Å². The Kier molecular flexibility index (Phi) is 9.06. The van der Waals surface area contributed by atoms with Crippen molar-refractivity contribution in [3.05, 3.63) is 0 Å². The Hall–Kier alpha value is -0.160. The molecule has 23 heavy (non-hydrogen) atoms. The summed E-state index contributed by atoms with van der Waals surface area (Å²) in [5.41, 5.74) is 0.261.